The van der Waals surface area contributed by atoms with Gasteiger partial charge in [-0.15, -0.1) is 0 Å². The minimum atomic E-state index is -1.88. The van der Waals surface area contributed by atoms with Gasteiger partial charge in [-0.05, 0) is 18.2 Å². The first-order valence-electron chi connectivity index (χ1n) is 13.0. The summed E-state index contributed by atoms with van der Waals surface area (Å²) in [7, 11) is 1.28. The number of aliphatic hydroxyl groups excluding tert-OH is 6. The first-order chi connectivity index (χ1) is 20.4. The fourth-order valence-electron chi connectivity index (χ4n) is 4.85. The molecule has 3 heterocycles. The molecule has 2 saturated heterocycles. The van der Waals surface area contributed by atoms with E-state index in [-0.39, 0.29) is 28.4 Å². The minimum Gasteiger partial charge on any atom is -0.508 e. The Bertz CT molecular complexity index is 1520. The van der Waals surface area contributed by atoms with Crippen LogP contribution in [0.15, 0.2) is 39.5 Å². The van der Waals surface area contributed by atoms with Crippen molar-refractivity contribution in [3.63, 3.8) is 0 Å². The van der Waals surface area contributed by atoms with E-state index in [0.29, 0.717) is 0 Å². The van der Waals surface area contributed by atoms with E-state index in [0.717, 1.165) is 12.1 Å². The van der Waals surface area contributed by atoms with Gasteiger partial charge in [-0.25, -0.2) is 0 Å². The SMILES string of the molecule is COc1cc(-c2oc3cc(O)cc(O)c3c(=O)c2O[C@@H]2O[C@H](CO)[C@H](O)[C@H](O)[C@H]2O[C@@H]2OC[C@@H](O)[C@H](O)[C@H]2O)ccc1O. The minimum absolute atomic E-state index is 0.0249. The zero-order chi connectivity index (χ0) is 31.2. The average molecular weight is 611 g/mol. The monoisotopic (exact) mass is 610 g/mol. The van der Waals surface area contributed by atoms with Gasteiger partial charge in [0.05, 0.1) is 20.3 Å². The molecule has 43 heavy (non-hydrogen) atoms. The maximum atomic E-state index is 13.8. The fraction of sp³-hybridized carbons (Fsp3) is 0.444. The molecule has 2 fully saturated rings. The molecule has 0 unspecified atom stereocenters. The van der Waals surface area contributed by atoms with Gasteiger partial charge >= 0.3 is 0 Å². The summed E-state index contributed by atoms with van der Waals surface area (Å²) in [5.74, 6) is -2.34. The van der Waals surface area contributed by atoms with Gasteiger partial charge < -0.3 is 74.1 Å². The summed E-state index contributed by atoms with van der Waals surface area (Å²) in [4.78, 5) is 13.8. The van der Waals surface area contributed by atoms with Crippen LogP contribution in [0.3, 0.4) is 0 Å². The first-order valence-corrected chi connectivity index (χ1v) is 13.0. The van der Waals surface area contributed by atoms with Gasteiger partial charge in [-0.3, -0.25) is 4.79 Å². The predicted molar refractivity (Wildman–Crippen MR) is 140 cm³/mol. The van der Waals surface area contributed by atoms with E-state index in [4.69, 9.17) is 28.1 Å². The van der Waals surface area contributed by atoms with Crippen molar-refractivity contribution in [2.75, 3.05) is 20.3 Å². The molecule has 0 amide bonds. The average Bonchev–Trinajstić information content (AvgIpc) is 2.97. The third-order valence-electron chi connectivity index (χ3n) is 7.16. The number of aromatic hydroxyl groups is 3. The van der Waals surface area contributed by atoms with Crippen molar-refractivity contribution in [2.24, 2.45) is 0 Å². The topological polar surface area (TPSA) is 258 Å². The molecule has 0 bridgehead atoms. The molecule has 9 atom stereocenters. The second kappa shape index (κ2) is 12.1. The molecule has 2 aromatic carbocycles. The highest BCUT2D eigenvalue weighted by atomic mass is 16.8. The Hall–Kier alpha value is -3.71. The summed E-state index contributed by atoms with van der Waals surface area (Å²) >= 11 is 0. The first kappa shape index (κ1) is 30.7. The standard InChI is InChI=1S/C27H30O16/c1-38-14-4-9(2-3-11(14)30)23-24(20(35)17-12(31)5-10(29)6-15(17)40-23)42-27-25(21(36)19(34)16(7-28)41-27)43-26-22(37)18(33)13(32)8-39-26/h2-6,13,16,18-19,21-22,25-34,36-37H,7-8H2,1H3/t13-,16-,18+,19+,21+,22-,25-,26+,27+/m1/s1. The molecule has 2 aliphatic rings. The zero-order valence-electron chi connectivity index (χ0n) is 22.4. The Labute approximate surface area is 241 Å². The van der Waals surface area contributed by atoms with Crippen molar-refractivity contribution in [2.45, 2.75) is 55.3 Å². The van der Waals surface area contributed by atoms with Crippen molar-refractivity contribution in [3.05, 3.63) is 40.6 Å². The molecular weight excluding hydrogens is 580 g/mol. The van der Waals surface area contributed by atoms with E-state index in [1.54, 1.807) is 0 Å². The number of ether oxygens (including phenoxy) is 5. The van der Waals surface area contributed by atoms with Gasteiger partial charge in [-0.1, -0.05) is 0 Å². The molecule has 16 heteroatoms. The molecule has 0 radical (unpaired) electrons. The summed E-state index contributed by atoms with van der Waals surface area (Å²) in [6.45, 7) is -1.28. The summed E-state index contributed by atoms with van der Waals surface area (Å²) in [6.07, 6.45) is -15.3. The Morgan fingerprint density at radius 2 is 1.65 bits per heavy atom. The van der Waals surface area contributed by atoms with E-state index in [1.807, 2.05) is 0 Å². The highest BCUT2D eigenvalue weighted by molar-refractivity contribution is 5.88. The van der Waals surface area contributed by atoms with Crippen LogP contribution in [0.5, 0.6) is 28.7 Å². The van der Waals surface area contributed by atoms with Crippen LogP contribution in [0, 0.1) is 0 Å². The molecule has 2 aliphatic heterocycles. The highest BCUT2D eigenvalue weighted by Gasteiger charge is 2.50. The van der Waals surface area contributed by atoms with E-state index < -0.39 is 96.6 Å². The molecule has 5 rings (SSSR count). The number of phenols is 3. The predicted octanol–water partition coefficient (Wildman–Crippen LogP) is -1.77. The molecule has 0 aliphatic carbocycles. The van der Waals surface area contributed by atoms with Crippen molar-refractivity contribution < 1.29 is 74.1 Å². The molecule has 234 valence electrons. The summed E-state index contributed by atoms with van der Waals surface area (Å²) in [5.41, 5.74) is -1.15. The number of hydrogen-bond donors (Lipinski definition) is 9. The van der Waals surface area contributed by atoms with Crippen molar-refractivity contribution in [1.82, 2.24) is 0 Å². The van der Waals surface area contributed by atoms with E-state index in [1.165, 1.54) is 25.3 Å². The second-order valence-electron chi connectivity index (χ2n) is 9.99. The van der Waals surface area contributed by atoms with Crippen LogP contribution in [0.25, 0.3) is 22.3 Å². The normalized spacial score (nSPS) is 31.2. The van der Waals surface area contributed by atoms with Crippen LogP contribution in [-0.4, -0.2) is 122 Å². The van der Waals surface area contributed by atoms with Gasteiger partial charge in [0, 0.05) is 17.7 Å². The third kappa shape index (κ3) is 5.67. The Morgan fingerprint density at radius 3 is 2.35 bits per heavy atom. The van der Waals surface area contributed by atoms with Crippen molar-refractivity contribution in [1.29, 1.82) is 0 Å². The highest BCUT2D eigenvalue weighted by Crippen LogP contribution is 2.40. The lowest BCUT2D eigenvalue weighted by atomic mass is 9.98. The number of benzene rings is 2. The Morgan fingerprint density at radius 1 is 0.907 bits per heavy atom. The Kier molecular flexibility index (Phi) is 8.66. The van der Waals surface area contributed by atoms with Crippen LogP contribution in [0.1, 0.15) is 0 Å². The van der Waals surface area contributed by atoms with Gasteiger partial charge in [0.2, 0.25) is 17.5 Å². The number of methoxy groups -OCH3 is 1. The summed E-state index contributed by atoms with van der Waals surface area (Å²) in [5, 5.41) is 91.5. The lowest BCUT2D eigenvalue weighted by Crippen LogP contribution is -2.64. The van der Waals surface area contributed by atoms with Gasteiger partial charge in [0.15, 0.2) is 29.7 Å². The lowest BCUT2D eigenvalue weighted by Gasteiger charge is -2.44. The number of aliphatic hydroxyl groups is 6. The number of fused-ring (bicyclic) bond motifs is 1. The van der Waals surface area contributed by atoms with E-state index in [2.05, 4.69) is 0 Å². The fourth-order valence-corrected chi connectivity index (χ4v) is 4.85. The summed E-state index contributed by atoms with van der Waals surface area (Å²) in [6, 6.07) is 5.81. The van der Waals surface area contributed by atoms with Gasteiger partial charge in [0.1, 0.15) is 59.1 Å². The number of hydrogen-bond acceptors (Lipinski definition) is 16. The molecular formula is C27H30O16. The van der Waals surface area contributed by atoms with Crippen LogP contribution in [0.2, 0.25) is 0 Å². The molecule has 0 spiro atoms. The van der Waals surface area contributed by atoms with Crippen LogP contribution in [-0.2, 0) is 14.2 Å². The molecule has 9 N–H and O–H groups in total. The van der Waals surface area contributed by atoms with E-state index in [9.17, 15) is 50.8 Å². The van der Waals surface area contributed by atoms with Crippen molar-refractivity contribution >= 4 is 11.0 Å². The summed E-state index contributed by atoms with van der Waals surface area (Å²) < 4.78 is 33.4. The van der Waals surface area contributed by atoms with Crippen LogP contribution in [0.4, 0.5) is 0 Å². The number of phenolic OH excluding ortho intramolecular Hbond substituents is 3. The smallest absolute Gasteiger partial charge is 0.239 e. The van der Waals surface area contributed by atoms with Crippen molar-refractivity contribution in [3.8, 4) is 40.1 Å². The molecule has 3 aromatic rings. The maximum Gasteiger partial charge on any atom is 0.239 e. The third-order valence-corrected chi connectivity index (χ3v) is 7.16. The molecule has 1 aromatic heterocycles. The largest absolute Gasteiger partial charge is 0.508 e. The van der Waals surface area contributed by atoms with E-state index >= 15 is 0 Å². The molecule has 0 saturated carbocycles. The molecule has 16 nitrogen and oxygen atoms in total. The Balaban J connectivity index is 1.63. The second-order valence-corrected chi connectivity index (χ2v) is 9.99. The van der Waals surface area contributed by atoms with Crippen LogP contribution >= 0.6 is 0 Å². The van der Waals surface area contributed by atoms with Gasteiger partial charge in [-0.2, -0.15) is 0 Å². The maximum absolute atomic E-state index is 13.8. The number of rotatable bonds is 7. The lowest BCUT2D eigenvalue weighted by molar-refractivity contribution is -0.345. The quantitative estimate of drug-likeness (QED) is 0.143. The van der Waals surface area contributed by atoms with Crippen LogP contribution < -0.4 is 14.9 Å². The zero-order valence-corrected chi connectivity index (χ0v) is 22.4. The van der Waals surface area contributed by atoms with Gasteiger partial charge in [0.25, 0.3) is 0 Å².